The quantitative estimate of drug-likeness (QED) is 0.831. The molecule has 150 valence electrons. The summed E-state index contributed by atoms with van der Waals surface area (Å²) in [6.45, 7) is 6.47. The van der Waals surface area contributed by atoms with Gasteiger partial charge in [0, 0.05) is 29.4 Å². The highest BCUT2D eigenvalue weighted by Crippen LogP contribution is 2.30. The van der Waals surface area contributed by atoms with Gasteiger partial charge in [-0.05, 0) is 62.2 Å². The van der Waals surface area contributed by atoms with E-state index >= 15 is 0 Å². The van der Waals surface area contributed by atoms with E-state index in [4.69, 9.17) is 10.00 Å². The average Bonchev–Trinajstić information content (AvgIpc) is 2.89. The Balaban J connectivity index is 1.85. The van der Waals surface area contributed by atoms with Gasteiger partial charge in [-0.3, -0.25) is 9.59 Å². The molecule has 2 amide bonds. The van der Waals surface area contributed by atoms with Crippen LogP contribution in [-0.4, -0.2) is 28.9 Å². The Morgan fingerprint density at radius 3 is 2.62 bits per heavy atom. The van der Waals surface area contributed by atoms with Crippen molar-refractivity contribution in [1.29, 1.82) is 5.26 Å². The van der Waals surface area contributed by atoms with Crippen molar-refractivity contribution < 1.29 is 14.3 Å². The molecule has 2 aromatic carbocycles. The molecule has 2 aromatic rings. The number of anilines is 1. The smallest absolute Gasteiger partial charge is 0.264 e. The zero-order valence-electron chi connectivity index (χ0n) is 16.9. The molecule has 29 heavy (non-hydrogen) atoms. The van der Waals surface area contributed by atoms with Crippen LogP contribution < -0.4 is 10.1 Å². The molecule has 0 bridgehead atoms. The van der Waals surface area contributed by atoms with Gasteiger partial charge in [0.05, 0.1) is 11.6 Å². The second-order valence-corrected chi connectivity index (χ2v) is 7.20. The maximum atomic E-state index is 12.9. The summed E-state index contributed by atoms with van der Waals surface area (Å²) >= 11 is 0. The van der Waals surface area contributed by atoms with Gasteiger partial charge in [-0.1, -0.05) is 13.8 Å². The van der Waals surface area contributed by atoms with Crippen molar-refractivity contribution in [3.63, 3.8) is 0 Å². The van der Waals surface area contributed by atoms with E-state index in [0.29, 0.717) is 35.5 Å². The summed E-state index contributed by atoms with van der Waals surface area (Å²) in [6, 6.07) is 14.0. The average molecular weight is 391 g/mol. The van der Waals surface area contributed by atoms with Crippen LogP contribution in [-0.2, 0) is 11.3 Å². The van der Waals surface area contributed by atoms with E-state index in [-0.39, 0.29) is 17.9 Å². The molecule has 0 saturated carbocycles. The van der Waals surface area contributed by atoms with Crippen molar-refractivity contribution in [3.8, 4) is 11.8 Å². The number of benzene rings is 2. The summed E-state index contributed by atoms with van der Waals surface area (Å²) in [4.78, 5) is 27.2. The van der Waals surface area contributed by atoms with Crippen molar-refractivity contribution in [2.24, 2.45) is 0 Å². The summed E-state index contributed by atoms with van der Waals surface area (Å²) in [5.41, 5.74) is 2.47. The van der Waals surface area contributed by atoms with Gasteiger partial charge >= 0.3 is 0 Å². The summed E-state index contributed by atoms with van der Waals surface area (Å²) in [7, 11) is 0. The summed E-state index contributed by atoms with van der Waals surface area (Å²) in [5, 5.41) is 11.8. The van der Waals surface area contributed by atoms with Crippen LogP contribution in [0.3, 0.4) is 0 Å². The van der Waals surface area contributed by atoms with Crippen LogP contribution in [0.4, 0.5) is 5.69 Å². The zero-order valence-corrected chi connectivity index (χ0v) is 16.9. The number of nitrogens with zero attached hydrogens (tertiary/aromatic N) is 2. The van der Waals surface area contributed by atoms with Crippen LogP contribution in [0.25, 0.3) is 0 Å². The van der Waals surface area contributed by atoms with E-state index in [9.17, 15) is 9.59 Å². The first-order valence-corrected chi connectivity index (χ1v) is 9.88. The van der Waals surface area contributed by atoms with Crippen molar-refractivity contribution in [3.05, 3.63) is 59.2 Å². The van der Waals surface area contributed by atoms with E-state index in [2.05, 4.69) is 12.2 Å². The minimum atomic E-state index is -0.496. The molecular weight excluding hydrogens is 366 g/mol. The number of hydrogen-bond donors (Lipinski definition) is 1. The number of nitrogens with one attached hydrogen (secondary N) is 1. The molecular formula is C23H25N3O3. The van der Waals surface area contributed by atoms with E-state index in [1.54, 1.807) is 36.4 Å². The number of carbonyl (C=O) groups is 2. The molecule has 1 N–H and O–H groups in total. The van der Waals surface area contributed by atoms with Crippen molar-refractivity contribution >= 4 is 17.5 Å². The predicted molar refractivity (Wildman–Crippen MR) is 111 cm³/mol. The number of carbonyl (C=O) groups excluding carboxylic acids is 2. The van der Waals surface area contributed by atoms with Gasteiger partial charge in [-0.2, -0.15) is 5.26 Å². The summed E-state index contributed by atoms with van der Waals surface area (Å²) in [5.74, 6) is 0.416. The largest absolute Gasteiger partial charge is 0.480 e. The third kappa shape index (κ3) is 4.40. The van der Waals surface area contributed by atoms with Gasteiger partial charge in [-0.15, -0.1) is 0 Å². The number of amides is 2. The SMILES string of the molecule is CC[C@H]1Oc2ccc(NC(=O)c3ccc(C#N)cc3)cc2CN([C@@H](C)CC)C1=O. The van der Waals surface area contributed by atoms with Crippen molar-refractivity contribution in [2.45, 2.75) is 52.3 Å². The summed E-state index contributed by atoms with van der Waals surface area (Å²) < 4.78 is 5.98. The molecule has 0 fully saturated rings. The number of ether oxygens (including phenoxy) is 1. The molecule has 0 unspecified atom stereocenters. The number of fused-ring (bicyclic) bond motifs is 1. The van der Waals surface area contributed by atoms with Crippen LogP contribution in [0, 0.1) is 11.3 Å². The van der Waals surface area contributed by atoms with E-state index in [1.165, 1.54) is 0 Å². The fourth-order valence-corrected chi connectivity index (χ4v) is 3.30. The topological polar surface area (TPSA) is 82.4 Å². The standard InChI is InChI=1S/C23H25N3O3/c1-4-15(3)26-14-18-12-19(10-11-21(18)29-20(5-2)23(26)28)25-22(27)17-8-6-16(13-24)7-9-17/h6-12,15,20H,4-5,14H2,1-3H3,(H,25,27)/t15-,20+/m0/s1. The molecule has 1 aliphatic rings. The minimum absolute atomic E-state index is 0.00113. The first kappa shape index (κ1) is 20.4. The van der Waals surface area contributed by atoms with Crippen molar-refractivity contribution in [1.82, 2.24) is 4.90 Å². The van der Waals surface area contributed by atoms with E-state index in [0.717, 1.165) is 12.0 Å². The van der Waals surface area contributed by atoms with Crippen LogP contribution in [0.1, 0.15) is 55.1 Å². The molecule has 0 aliphatic carbocycles. The highest BCUT2D eigenvalue weighted by atomic mass is 16.5. The van der Waals surface area contributed by atoms with Crippen molar-refractivity contribution in [2.75, 3.05) is 5.32 Å². The van der Waals surface area contributed by atoms with Gasteiger partial charge < -0.3 is 15.0 Å². The van der Waals surface area contributed by atoms with Gasteiger partial charge in [0.2, 0.25) is 0 Å². The normalized spacial score (nSPS) is 16.8. The number of rotatable bonds is 5. The number of nitriles is 1. The monoisotopic (exact) mass is 391 g/mol. The lowest BCUT2D eigenvalue weighted by molar-refractivity contribution is -0.140. The second-order valence-electron chi connectivity index (χ2n) is 7.20. The molecule has 6 heteroatoms. The van der Waals surface area contributed by atoms with Crippen LogP contribution >= 0.6 is 0 Å². The molecule has 0 radical (unpaired) electrons. The molecule has 1 aliphatic heterocycles. The lowest BCUT2D eigenvalue weighted by Crippen LogP contribution is -2.43. The van der Waals surface area contributed by atoms with Crippen LogP contribution in [0.2, 0.25) is 0 Å². The van der Waals surface area contributed by atoms with Crippen LogP contribution in [0.15, 0.2) is 42.5 Å². The first-order valence-electron chi connectivity index (χ1n) is 9.88. The molecule has 3 rings (SSSR count). The second kappa shape index (κ2) is 8.78. The Morgan fingerprint density at radius 2 is 2.00 bits per heavy atom. The maximum Gasteiger partial charge on any atom is 0.264 e. The maximum absolute atomic E-state index is 12.9. The molecule has 1 heterocycles. The van der Waals surface area contributed by atoms with Gasteiger partial charge in [-0.25, -0.2) is 0 Å². The Labute approximate surface area is 171 Å². The third-order valence-electron chi connectivity index (χ3n) is 5.26. The molecule has 2 atom stereocenters. The fourth-order valence-electron chi connectivity index (χ4n) is 3.30. The fraction of sp³-hybridized carbons (Fsp3) is 0.348. The van der Waals surface area contributed by atoms with Gasteiger partial charge in [0.15, 0.2) is 6.10 Å². The number of hydrogen-bond acceptors (Lipinski definition) is 4. The summed E-state index contributed by atoms with van der Waals surface area (Å²) in [6.07, 6.45) is 0.957. The lowest BCUT2D eigenvalue weighted by Gasteiger charge is -2.28. The molecule has 0 aromatic heterocycles. The van der Waals surface area contributed by atoms with Gasteiger partial charge in [0.25, 0.3) is 11.8 Å². The Morgan fingerprint density at radius 1 is 1.28 bits per heavy atom. The third-order valence-corrected chi connectivity index (χ3v) is 5.26. The van der Waals surface area contributed by atoms with E-state index in [1.807, 2.05) is 30.9 Å². The van der Waals surface area contributed by atoms with Gasteiger partial charge in [0.1, 0.15) is 5.75 Å². The highest BCUT2D eigenvalue weighted by molar-refractivity contribution is 6.04. The lowest BCUT2D eigenvalue weighted by atomic mass is 10.1. The Kier molecular flexibility index (Phi) is 6.18. The van der Waals surface area contributed by atoms with E-state index < -0.39 is 6.10 Å². The van der Waals surface area contributed by atoms with Crippen LogP contribution in [0.5, 0.6) is 5.75 Å². The molecule has 0 saturated heterocycles. The first-order chi connectivity index (χ1) is 14.0. The Hall–Kier alpha value is -3.33. The predicted octanol–water partition coefficient (Wildman–Crippen LogP) is 4.11. The highest BCUT2D eigenvalue weighted by Gasteiger charge is 2.32. The zero-order chi connectivity index (χ0) is 21.0. The Bertz CT molecular complexity index is 947. The molecule has 0 spiro atoms. The molecule has 6 nitrogen and oxygen atoms in total. The minimum Gasteiger partial charge on any atom is -0.480 e.